The van der Waals surface area contributed by atoms with Crippen LogP contribution in [0, 0.1) is 0 Å². The first kappa shape index (κ1) is 13.1. The number of hydrogen-bond donors (Lipinski definition) is 0. The van der Waals surface area contributed by atoms with Gasteiger partial charge in [-0.15, -0.1) is 0 Å². The number of hydrogen-bond acceptors (Lipinski definition) is 3. The zero-order chi connectivity index (χ0) is 13.3. The molecule has 7 heteroatoms. The SMILES string of the molecule is O=C1OC(C(F)(F)F)N=C1C(Br)c1ccccc1. The highest BCUT2D eigenvalue weighted by Gasteiger charge is 2.48. The van der Waals surface area contributed by atoms with Crippen molar-refractivity contribution >= 4 is 27.6 Å². The number of aliphatic imine (C=N–C) groups is 1. The van der Waals surface area contributed by atoms with Crippen molar-refractivity contribution in [3.8, 4) is 0 Å². The highest BCUT2D eigenvalue weighted by Crippen LogP contribution is 2.33. The van der Waals surface area contributed by atoms with Crippen LogP contribution in [-0.4, -0.2) is 24.1 Å². The van der Waals surface area contributed by atoms with E-state index in [2.05, 4.69) is 25.7 Å². The summed E-state index contributed by atoms with van der Waals surface area (Å²) in [6.45, 7) is 0. The third kappa shape index (κ3) is 2.55. The average molecular weight is 322 g/mol. The normalized spacial score (nSPS) is 21.4. The molecule has 0 fully saturated rings. The first-order valence-corrected chi connectivity index (χ1v) is 5.85. The summed E-state index contributed by atoms with van der Waals surface area (Å²) in [5, 5.41) is 0. The lowest BCUT2D eigenvalue weighted by Gasteiger charge is -2.09. The molecule has 0 N–H and O–H groups in total. The lowest BCUT2D eigenvalue weighted by molar-refractivity contribution is -0.210. The van der Waals surface area contributed by atoms with Crippen LogP contribution in [0.3, 0.4) is 0 Å². The second-order valence-electron chi connectivity index (χ2n) is 3.59. The lowest BCUT2D eigenvalue weighted by atomic mass is 10.1. The van der Waals surface area contributed by atoms with Crippen molar-refractivity contribution in [1.82, 2.24) is 0 Å². The number of carbonyl (C=O) groups is 1. The van der Waals surface area contributed by atoms with Crippen LogP contribution < -0.4 is 0 Å². The van der Waals surface area contributed by atoms with Crippen LogP contribution in [0.2, 0.25) is 0 Å². The van der Waals surface area contributed by atoms with Gasteiger partial charge in [0.25, 0.3) is 6.23 Å². The van der Waals surface area contributed by atoms with E-state index in [1.54, 1.807) is 30.3 Å². The molecule has 18 heavy (non-hydrogen) atoms. The van der Waals surface area contributed by atoms with Crippen LogP contribution >= 0.6 is 15.9 Å². The number of halogens is 4. The van der Waals surface area contributed by atoms with Gasteiger partial charge < -0.3 is 4.74 Å². The van der Waals surface area contributed by atoms with Crippen molar-refractivity contribution in [3.05, 3.63) is 35.9 Å². The van der Waals surface area contributed by atoms with Crippen molar-refractivity contribution in [2.24, 2.45) is 4.99 Å². The number of cyclic esters (lactones) is 1. The Balaban J connectivity index is 2.26. The van der Waals surface area contributed by atoms with Gasteiger partial charge in [-0.3, -0.25) is 0 Å². The summed E-state index contributed by atoms with van der Waals surface area (Å²) in [6, 6.07) is 8.54. The molecule has 0 saturated carbocycles. The fourth-order valence-corrected chi connectivity index (χ4v) is 2.07. The number of nitrogens with zero attached hydrogens (tertiary/aromatic N) is 1. The van der Waals surface area contributed by atoms with E-state index >= 15 is 0 Å². The summed E-state index contributed by atoms with van der Waals surface area (Å²) in [4.78, 5) is 13.9. The van der Waals surface area contributed by atoms with Gasteiger partial charge in [0.2, 0.25) is 0 Å². The third-order valence-electron chi connectivity index (χ3n) is 2.30. The molecular formula is C11H7BrF3NO2. The molecule has 0 spiro atoms. The van der Waals surface area contributed by atoms with Gasteiger partial charge in [0.05, 0.1) is 4.83 Å². The minimum atomic E-state index is -4.68. The van der Waals surface area contributed by atoms with Crippen LogP contribution in [0.15, 0.2) is 35.3 Å². The monoisotopic (exact) mass is 321 g/mol. The fraction of sp³-hybridized carbons (Fsp3) is 0.273. The van der Waals surface area contributed by atoms with E-state index < -0.39 is 23.2 Å². The van der Waals surface area contributed by atoms with Crippen LogP contribution in [0.4, 0.5) is 13.2 Å². The maximum atomic E-state index is 12.4. The Kier molecular flexibility index (Phi) is 3.43. The molecule has 1 aromatic rings. The zero-order valence-corrected chi connectivity index (χ0v) is 10.4. The van der Waals surface area contributed by atoms with Gasteiger partial charge in [-0.05, 0) is 5.56 Å². The van der Waals surface area contributed by atoms with Crippen molar-refractivity contribution in [2.75, 3.05) is 0 Å². The molecule has 0 radical (unpaired) electrons. The van der Waals surface area contributed by atoms with Crippen molar-refractivity contribution in [1.29, 1.82) is 0 Å². The molecule has 1 aromatic carbocycles. The smallest absolute Gasteiger partial charge is 0.425 e. The summed E-state index contributed by atoms with van der Waals surface area (Å²) in [7, 11) is 0. The number of esters is 1. The van der Waals surface area contributed by atoms with Crippen LogP contribution in [0.25, 0.3) is 0 Å². The van der Waals surface area contributed by atoms with Gasteiger partial charge in [-0.2, -0.15) is 13.2 Å². The van der Waals surface area contributed by atoms with E-state index in [1.807, 2.05) is 0 Å². The first-order chi connectivity index (χ1) is 8.39. The van der Waals surface area contributed by atoms with E-state index in [0.717, 1.165) is 0 Å². The molecular weight excluding hydrogens is 315 g/mol. The summed E-state index contributed by atoms with van der Waals surface area (Å²) < 4.78 is 41.3. The Labute approximate surface area is 109 Å². The summed E-state index contributed by atoms with van der Waals surface area (Å²) in [5.74, 6) is -1.05. The average Bonchev–Trinajstić information content (AvgIpc) is 2.71. The maximum Gasteiger partial charge on any atom is 0.447 e. The summed E-state index contributed by atoms with van der Waals surface area (Å²) in [5.41, 5.74) is 0.361. The standard InChI is InChI=1S/C11H7BrF3NO2/c12-7(6-4-2-1-3-5-6)8-9(17)18-10(16-8)11(13,14)15/h1-5,7,10H. The Morgan fingerprint density at radius 1 is 1.28 bits per heavy atom. The van der Waals surface area contributed by atoms with Gasteiger partial charge in [-0.1, -0.05) is 46.3 Å². The van der Waals surface area contributed by atoms with Crippen molar-refractivity contribution < 1.29 is 22.7 Å². The van der Waals surface area contributed by atoms with Gasteiger partial charge in [0.15, 0.2) is 0 Å². The molecule has 0 amide bonds. The Morgan fingerprint density at radius 3 is 2.39 bits per heavy atom. The number of alkyl halides is 4. The van der Waals surface area contributed by atoms with Crippen LogP contribution in [0.1, 0.15) is 10.4 Å². The number of carbonyl (C=O) groups excluding carboxylic acids is 1. The Hall–Kier alpha value is -1.37. The van der Waals surface area contributed by atoms with Gasteiger partial charge in [0.1, 0.15) is 5.71 Å². The first-order valence-electron chi connectivity index (χ1n) is 4.94. The summed E-state index contributed by atoms with van der Waals surface area (Å²) in [6.07, 6.45) is -7.08. The topological polar surface area (TPSA) is 38.7 Å². The van der Waals surface area contributed by atoms with Gasteiger partial charge in [0, 0.05) is 0 Å². The molecule has 2 rings (SSSR count). The van der Waals surface area contributed by atoms with E-state index in [0.29, 0.717) is 5.56 Å². The molecule has 2 atom stereocenters. The fourth-order valence-electron chi connectivity index (χ4n) is 1.46. The van der Waals surface area contributed by atoms with Crippen molar-refractivity contribution in [3.63, 3.8) is 0 Å². The predicted octanol–water partition coefficient (Wildman–Crippen LogP) is 3.01. The number of benzene rings is 1. The van der Waals surface area contributed by atoms with Crippen LogP contribution in [0.5, 0.6) is 0 Å². The molecule has 1 heterocycles. The second-order valence-corrected chi connectivity index (χ2v) is 4.50. The van der Waals surface area contributed by atoms with Gasteiger partial charge in [-0.25, -0.2) is 9.79 Å². The second kappa shape index (κ2) is 4.72. The Morgan fingerprint density at radius 2 is 1.89 bits per heavy atom. The van der Waals surface area contributed by atoms with E-state index in [-0.39, 0.29) is 5.71 Å². The minimum absolute atomic E-state index is 0.275. The molecule has 2 unspecified atom stereocenters. The molecule has 0 saturated heterocycles. The molecule has 96 valence electrons. The van der Waals surface area contributed by atoms with E-state index in [9.17, 15) is 18.0 Å². The van der Waals surface area contributed by atoms with E-state index in [4.69, 9.17) is 0 Å². The third-order valence-corrected chi connectivity index (χ3v) is 3.26. The zero-order valence-electron chi connectivity index (χ0n) is 8.82. The largest absolute Gasteiger partial charge is 0.447 e. The highest BCUT2D eigenvalue weighted by molar-refractivity contribution is 9.09. The van der Waals surface area contributed by atoms with Crippen molar-refractivity contribution in [2.45, 2.75) is 17.2 Å². The molecule has 3 nitrogen and oxygen atoms in total. The van der Waals surface area contributed by atoms with E-state index in [1.165, 1.54) is 0 Å². The number of ether oxygens (including phenoxy) is 1. The molecule has 1 aliphatic heterocycles. The van der Waals surface area contributed by atoms with Gasteiger partial charge >= 0.3 is 12.1 Å². The number of rotatable bonds is 2. The quantitative estimate of drug-likeness (QED) is 0.620. The highest BCUT2D eigenvalue weighted by atomic mass is 79.9. The maximum absolute atomic E-state index is 12.4. The molecule has 0 aliphatic carbocycles. The lowest BCUT2D eigenvalue weighted by Crippen LogP contribution is -2.27. The van der Waals surface area contributed by atoms with Crippen LogP contribution in [-0.2, 0) is 9.53 Å². The minimum Gasteiger partial charge on any atom is -0.425 e. The molecule has 0 bridgehead atoms. The predicted molar refractivity (Wildman–Crippen MR) is 61.5 cm³/mol. The Bertz CT molecular complexity index is 487. The molecule has 1 aliphatic rings. The molecule has 0 aromatic heterocycles. The summed E-state index contributed by atoms with van der Waals surface area (Å²) >= 11 is 3.15.